The van der Waals surface area contributed by atoms with Gasteiger partial charge >= 0.3 is 0 Å². The molecular formula is C10H18N4S. The molecule has 0 aliphatic carbocycles. The lowest BCUT2D eigenvalue weighted by Gasteiger charge is -2.08. The van der Waals surface area contributed by atoms with Crippen molar-refractivity contribution < 1.29 is 0 Å². The van der Waals surface area contributed by atoms with Crippen LogP contribution in [0.1, 0.15) is 38.6 Å². The SMILES string of the molecule is CCCc1c(C(N)=S)nnn1CC(C)C. The highest BCUT2D eigenvalue weighted by Crippen LogP contribution is 2.10. The zero-order valence-corrected chi connectivity index (χ0v) is 10.3. The van der Waals surface area contributed by atoms with E-state index in [4.69, 9.17) is 18.0 Å². The Morgan fingerprint density at radius 3 is 2.67 bits per heavy atom. The van der Waals surface area contributed by atoms with Crippen LogP contribution in [0.4, 0.5) is 0 Å². The third-order valence-electron chi connectivity index (χ3n) is 2.10. The van der Waals surface area contributed by atoms with Gasteiger partial charge in [0, 0.05) is 6.54 Å². The summed E-state index contributed by atoms with van der Waals surface area (Å²) in [7, 11) is 0. The van der Waals surface area contributed by atoms with Crippen molar-refractivity contribution in [2.45, 2.75) is 40.2 Å². The van der Waals surface area contributed by atoms with E-state index >= 15 is 0 Å². The van der Waals surface area contributed by atoms with Crippen molar-refractivity contribution in [2.75, 3.05) is 0 Å². The zero-order chi connectivity index (χ0) is 11.4. The number of hydrogen-bond acceptors (Lipinski definition) is 3. The van der Waals surface area contributed by atoms with Crippen molar-refractivity contribution >= 4 is 17.2 Å². The van der Waals surface area contributed by atoms with Crippen LogP contribution >= 0.6 is 12.2 Å². The van der Waals surface area contributed by atoms with Gasteiger partial charge in [-0.1, -0.05) is 44.6 Å². The molecule has 0 amide bonds. The lowest BCUT2D eigenvalue weighted by Crippen LogP contribution is -2.15. The van der Waals surface area contributed by atoms with Crippen molar-refractivity contribution in [3.8, 4) is 0 Å². The van der Waals surface area contributed by atoms with Crippen LogP contribution < -0.4 is 5.73 Å². The molecule has 0 saturated carbocycles. The Bertz CT molecular complexity index is 343. The predicted octanol–water partition coefficient (Wildman–Crippen LogP) is 1.52. The molecule has 0 aliphatic rings. The molecule has 4 nitrogen and oxygen atoms in total. The molecule has 15 heavy (non-hydrogen) atoms. The summed E-state index contributed by atoms with van der Waals surface area (Å²) in [5.41, 5.74) is 7.36. The van der Waals surface area contributed by atoms with Crippen LogP contribution in [0.15, 0.2) is 0 Å². The molecule has 0 aliphatic heterocycles. The van der Waals surface area contributed by atoms with Crippen LogP contribution in [0.25, 0.3) is 0 Å². The summed E-state index contributed by atoms with van der Waals surface area (Å²) in [6.07, 6.45) is 1.97. The van der Waals surface area contributed by atoms with Crippen molar-refractivity contribution in [1.82, 2.24) is 15.0 Å². The molecule has 0 fully saturated rings. The van der Waals surface area contributed by atoms with Gasteiger partial charge in [0.2, 0.25) is 0 Å². The third kappa shape index (κ3) is 2.99. The van der Waals surface area contributed by atoms with Gasteiger partial charge in [0.05, 0.1) is 5.69 Å². The normalized spacial score (nSPS) is 10.9. The zero-order valence-electron chi connectivity index (χ0n) is 9.53. The first-order chi connectivity index (χ1) is 7.06. The minimum Gasteiger partial charge on any atom is -0.388 e. The summed E-state index contributed by atoms with van der Waals surface area (Å²) in [5.74, 6) is 0.543. The summed E-state index contributed by atoms with van der Waals surface area (Å²) in [5, 5.41) is 8.13. The van der Waals surface area contributed by atoms with Gasteiger partial charge in [-0.05, 0) is 12.3 Å². The Kier molecular flexibility index (Phi) is 4.20. The molecular weight excluding hydrogens is 208 g/mol. The number of thiocarbonyl (C=S) groups is 1. The molecule has 1 rings (SSSR count). The van der Waals surface area contributed by atoms with E-state index in [0.717, 1.165) is 25.1 Å². The second kappa shape index (κ2) is 5.21. The highest BCUT2D eigenvalue weighted by molar-refractivity contribution is 7.80. The predicted molar refractivity (Wildman–Crippen MR) is 64.7 cm³/mol. The first-order valence-electron chi connectivity index (χ1n) is 5.28. The highest BCUT2D eigenvalue weighted by Gasteiger charge is 2.14. The van der Waals surface area contributed by atoms with E-state index in [2.05, 4.69) is 31.1 Å². The quantitative estimate of drug-likeness (QED) is 0.773. The topological polar surface area (TPSA) is 56.7 Å². The summed E-state index contributed by atoms with van der Waals surface area (Å²) in [4.78, 5) is 0.341. The van der Waals surface area contributed by atoms with Crippen LogP contribution in [0.5, 0.6) is 0 Å². The molecule has 0 unspecified atom stereocenters. The molecule has 0 spiro atoms. The van der Waals surface area contributed by atoms with Gasteiger partial charge in [0.25, 0.3) is 0 Å². The fourth-order valence-electron chi connectivity index (χ4n) is 1.50. The smallest absolute Gasteiger partial charge is 0.143 e. The highest BCUT2D eigenvalue weighted by atomic mass is 32.1. The Hall–Kier alpha value is -0.970. The van der Waals surface area contributed by atoms with Crippen LogP contribution in [-0.2, 0) is 13.0 Å². The fourth-order valence-corrected chi connectivity index (χ4v) is 1.66. The van der Waals surface area contributed by atoms with E-state index in [1.807, 2.05) is 4.68 Å². The lowest BCUT2D eigenvalue weighted by atomic mass is 10.2. The number of aromatic nitrogens is 3. The Balaban J connectivity index is 3.00. The van der Waals surface area contributed by atoms with E-state index in [0.29, 0.717) is 16.6 Å². The molecule has 0 saturated heterocycles. The Labute approximate surface area is 95.8 Å². The van der Waals surface area contributed by atoms with E-state index in [1.54, 1.807) is 0 Å². The first kappa shape index (κ1) is 12.1. The summed E-state index contributed by atoms with van der Waals surface area (Å²) in [6.45, 7) is 7.29. The van der Waals surface area contributed by atoms with Crippen LogP contribution in [0, 0.1) is 5.92 Å². The van der Waals surface area contributed by atoms with Crippen molar-refractivity contribution in [1.29, 1.82) is 0 Å². The third-order valence-corrected chi connectivity index (χ3v) is 2.29. The second-order valence-corrected chi connectivity index (χ2v) is 4.51. The van der Waals surface area contributed by atoms with Gasteiger partial charge in [0.15, 0.2) is 0 Å². The van der Waals surface area contributed by atoms with Crippen LogP contribution in [-0.4, -0.2) is 20.0 Å². The lowest BCUT2D eigenvalue weighted by molar-refractivity contribution is 0.457. The minimum atomic E-state index is 0.341. The van der Waals surface area contributed by atoms with Crippen molar-refractivity contribution in [3.05, 3.63) is 11.4 Å². The molecule has 0 radical (unpaired) electrons. The maximum Gasteiger partial charge on any atom is 0.143 e. The number of rotatable bonds is 5. The molecule has 1 heterocycles. The molecule has 5 heteroatoms. The average Bonchev–Trinajstić information content (AvgIpc) is 2.48. The summed E-state index contributed by atoms with van der Waals surface area (Å²) >= 11 is 4.95. The van der Waals surface area contributed by atoms with E-state index in [-0.39, 0.29) is 0 Å². The van der Waals surface area contributed by atoms with Crippen LogP contribution in [0.3, 0.4) is 0 Å². The average molecular weight is 226 g/mol. The van der Waals surface area contributed by atoms with E-state index < -0.39 is 0 Å². The van der Waals surface area contributed by atoms with Gasteiger partial charge in [-0.25, -0.2) is 4.68 Å². The monoisotopic (exact) mass is 226 g/mol. The van der Waals surface area contributed by atoms with Crippen molar-refractivity contribution in [3.63, 3.8) is 0 Å². The number of nitrogens with zero attached hydrogens (tertiary/aromatic N) is 3. The maximum atomic E-state index is 5.60. The van der Waals surface area contributed by atoms with Crippen molar-refractivity contribution in [2.24, 2.45) is 11.7 Å². The molecule has 1 aromatic rings. The van der Waals surface area contributed by atoms with E-state index in [1.165, 1.54) is 0 Å². The van der Waals surface area contributed by atoms with Gasteiger partial charge < -0.3 is 5.73 Å². The first-order valence-corrected chi connectivity index (χ1v) is 5.69. The Morgan fingerprint density at radius 1 is 1.53 bits per heavy atom. The largest absolute Gasteiger partial charge is 0.388 e. The number of nitrogens with two attached hydrogens (primary N) is 1. The van der Waals surface area contributed by atoms with Gasteiger partial charge in [-0.15, -0.1) is 5.10 Å². The van der Waals surface area contributed by atoms with Gasteiger partial charge in [-0.3, -0.25) is 0 Å². The Morgan fingerprint density at radius 2 is 2.20 bits per heavy atom. The number of hydrogen-bond donors (Lipinski definition) is 1. The molecule has 0 atom stereocenters. The molecule has 0 aromatic carbocycles. The molecule has 1 aromatic heterocycles. The fraction of sp³-hybridized carbons (Fsp3) is 0.700. The minimum absolute atomic E-state index is 0.341. The summed E-state index contributed by atoms with van der Waals surface area (Å²) in [6, 6.07) is 0. The summed E-state index contributed by atoms with van der Waals surface area (Å²) < 4.78 is 1.92. The molecule has 84 valence electrons. The standard InChI is InChI=1S/C10H18N4S/c1-4-5-8-9(10(11)15)12-13-14(8)6-7(2)3/h7H,4-6H2,1-3H3,(H2,11,15). The second-order valence-electron chi connectivity index (χ2n) is 4.07. The van der Waals surface area contributed by atoms with Gasteiger partial charge in [-0.2, -0.15) is 0 Å². The van der Waals surface area contributed by atoms with Crippen LogP contribution in [0.2, 0.25) is 0 Å². The van der Waals surface area contributed by atoms with E-state index in [9.17, 15) is 0 Å². The maximum absolute atomic E-state index is 5.60. The molecule has 2 N–H and O–H groups in total. The van der Waals surface area contributed by atoms with Gasteiger partial charge in [0.1, 0.15) is 10.7 Å². The molecule has 0 bridgehead atoms.